The Hall–Kier alpha value is -3.32. The number of hydrogen-bond donors (Lipinski definition) is 2. The zero-order valence-corrected chi connectivity index (χ0v) is 18.2. The number of halogens is 1. The van der Waals surface area contributed by atoms with Crippen molar-refractivity contribution < 1.29 is 13.9 Å². The predicted molar refractivity (Wildman–Crippen MR) is 120 cm³/mol. The Balaban J connectivity index is 1.70. The molecule has 0 fully saturated rings. The number of hydrogen-bond acceptors (Lipinski definition) is 5. The van der Waals surface area contributed by atoms with Gasteiger partial charge in [-0.3, -0.25) is 4.79 Å². The molecular formula is C24H27FN4O2. The SMILES string of the molecule is COCc1cc(NCc2cccc(NC(=O)c3ccc(F)cc3)c2)nc(C(C)(C)C)n1. The number of benzene rings is 2. The second-order valence-electron chi connectivity index (χ2n) is 8.27. The summed E-state index contributed by atoms with van der Waals surface area (Å²) in [4.78, 5) is 21.6. The molecule has 2 N–H and O–H groups in total. The normalized spacial score (nSPS) is 11.3. The fraction of sp³-hybridized carbons (Fsp3) is 0.292. The molecule has 1 aromatic heterocycles. The van der Waals surface area contributed by atoms with Crippen LogP contribution in [-0.2, 0) is 23.3 Å². The van der Waals surface area contributed by atoms with Gasteiger partial charge in [0.05, 0.1) is 12.3 Å². The van der Waals surface area contributed by atoms with Crippen LogP contribution in [-0.4, -0.2) is 23.0 Å². The van der Waals surface area contributed by atoms with Crippen molar-refractivity contribution >= 4 is 17.4 Å². The minimum atomic E-state index is -0.377. The Bertz CT molecular complexity index is 1050. The maximum absolute atomic E-state index is 13.1. The van der Waals surface area contributed by atoms with Gasteiger partial charge in [-0.15, -0.1) is 0 Å². The van der Waals surface area contributed by atoms with E-state index in [1.54, 1.807) is 7.11 Å². The largest absolute Gasteiger partial charge is 0.378 e. The van der Waals surface area contributed by atoms with Crippen LogP contribution in [0.25, 0.3) is 0 Å². The van der Waals surface area contributed by atoms with Crippen molar-refractivity contribution in [3.8, 4) is 0 Å². The van der Waals surface area contributed by atoms with Gasteiger partial charge >= 0.3 is 0 Å². The quantitative estimate of drug-likeness (QED) is 0.565. The fourth-order valence-corrected chi connectivity index (χ4v) is 2.90. The summed E-state index contributed by atoms with van der Waals surface area (Å²) >= 11 is 0. The van der Waals surface area contributed by atoms with Gasteiger partial charge in [0.1, 0.15) is 17.5 Å². The van der Waals surface area contributed by atoms with Crippen LogP contribution in [0.4, 0.5) is 15.9 Å². The zero-order chi connectivity index (χ0) is 22.4. The minimum absolute atomic E-state index is 0.190. The second kappa shape index (κ2) is 9.66. The highest BCUT2D eigenvalue weighted by Crippen LogP contribution is 2.21. The molecular weight excluding hydrogens is 395 g/mol. The van der Waals surface area contributed by atoms with Gasteiger partial charge in [0.15, 0.2) is 0 Å². The Morgan fingerprint density at radius 3 is 2.48 bits per heavy atom. The van der Waals surface area contributed by atoms with Crippen LogP contribution in [0.5, 0.6) is 0 Å². The van der Waals surface area contributed by atoms with Crippen LogP contribution in [0.15, 0.2) is 54.6 Å². The van der Waals surface area contributed by atoms with E-state index in [0.29, 0.717) is 30.2 Å². The van der Waals surface area contributed by atoms with Crippen LogP contribution >= 0.6 is 0 Å². The monoisotopic (exact) mass is 422 g/mol. The maximum atomic E-state index is 13.1. The molecule has 0 unspecified atom stereocenters. The van der Waals surface area contributed by atoms with Crippen molar-refractivity contribution in [2.45, 2.75) is 39.3 Å². The third kappa shape index (κ3) is 6.33. The summed E-state index contributed by atoms with van der Waals surface area (Å²) in [6.45, 7) is 7.13. The summed E-state index contributed by atoms with van der Waals surface area (Å²) < 4.78 is 18.3. The molecule has 0 atom stereocenters. The van der Waals surface area contributed by atoms with E-state index in [4.69, 9.17) is 4.74 Å². The number of ether oxygens (including phenoxy) is 1. The van der Waals surface area contributed by atoms with Gasteiger partial charge in [-0.05, 0) is 42.0 Å². The molecule has 2 aromatic carbocycles. The molecule has 1 amide bonds. The van der Waals surface area contributed by atoms with Gasteiger partial charge in [0.2, 0.25) is 0 Å². The summed E-state index contributed by atoms with van der Waals surface area (Å²) in [5.41, 5.74) is 2.65. The molecule has 0 aliphatic heterocycles. The molecule has 0 aliphatic rings. The first-order valence-corrected chi connectivity index (χ1v) is 10.0. The Labute approximate surface area is 181 Å². The van der Waals surface area contributed by atoms with E-state index < -0.39 is 0 Å². The third-order valence-electron chi connectivity index (χ3n) is 4.51. The standard InChI is InChI=1S/C24H27FN4O2/c1-24(2,3)23-28-20(15-31-4)13-21(29-23)26-14-16-6-5-7-19(12-16)27-22(30)17-8-10-18(25)11-9-17/h5-13H,14-15H2,1-4H3,(H,27,30)(H,26,28,29). The molecule has 3 rings (SSSR count). The Kier molecular flexibility index (Phi) is 6.97. The maximum Gasteiger partial charge on any atom is 0.255 e. The van der Waals surface area contributed by atoms with Gasteiger partial charge in [-0.2, -0.15) is 0 Å². The summed E-state index contributed by atoms with van der Waals surface area (Å²) in [6, 6.07) is 14.8. The topological polar surface area (TPSA) is 76.1 Å². The number of rotatable bonds is 7. The lowest BCUT2D eigenvalue weighted by Crippen LogP contribution is -2.18. The van der Waals surface area contributed by atoms with Crippen molar-refractivity contribution in [3.05, 3.63) is 83.1 Å². The Morgan fingerprint density at radius 1 is 1.06 bits per heavy atom. The molecule has 6 nitrogen and oxygen atoms in total. The molecule has 1 heterocycles. The summed E-state index contributed by atoms with van der Waals surface area (Å²) in [5, 5.41) is 6.17. The molecule has 0 spiro atoms. The number of amides is 1. The highest BCUT2D eigenvalue weighted by atomic mass is 19.1. The highest BCUT2D eigenvalue weighted by molar-refractivity contribution is 6.04. The lowest BCUT2D eigenvalue weighted by molar-refractivity contribution is 0.102. The van der Waals surface area contributed by atoms with Crippen molar-refractivity contribution in [1.82, 2.24) is 9.97 Å². The number of anilines is 2. The molecule has 0 bridgehead atoms. The molecule has 0 aliphatic carbocycles. The molecule has 162 valence electrons. The van der Waals surface area contributed by atoms with Gasteiger partial charge in [0.25, 0.3) is 5.91 Å². The molecule has 0 radical (unpaired) electrons. The summed E-state index contributed by atoms with van der Waals surface area (Å²) in [5.74, 6) is 0.787. The van der Waals surface area contributed by atoms with Gasteiger partial charge < -0.3 is 15.4 Å². The first-order chi connectivity index (χ1) is 14.7. The van der Waals surface area contributed by atoms with E-state index in [2.05, 4.69) is 41.4 Å². The number of nitrogens with one attached hydrogen (secondary N) is 2. The van der Waals surface area contributed by atoms with E-state index in [1.165, 1.54) is 24.3 Å². The van der Waals surface area contributed by atoms with Crippen LogP contribution in [0.2, 0.25) is 0 Å². The zero-order valence-electron chi connectivity index (χ0n) is 18.2. The van der Waals surface area contributed by atoms with Crippen LogP contribution in [0.1, 0.15) is 48.2 Å². The average Bonchev–Trinajstić information content (AvgIpc) is 2.72. The summed E-state index contributed by atoms with van der Waals surface area (Å²) in [6.07, 6.45) is 0. The molecule has 7 heteroatoms. The number of nitrogens with zero attached hydrogens (tertiary/aromatic N) is 2. The van der Waals surface area contributed by atoms with Gasteiger partial charge in [-0.25, -0.2) is 14.4 Å². The molecule has 0 saturated carbocycles. The molecule has 3 aromatic rings. The number of aromatic nitrogens is 2. The van der Waals surface area contributed by atoms with Crippen molar-refractivity contribution in [3.63, 3.8) is 0 Å². The first kappa shape index (κ1) is 22.4. The van der Waals surface area contributed by atoms with E-state index in [9.17, 15) is 9.18 Å². The lowest BCUT2D eigenvalue weighted by atomic mass is 9.95. The van der Waals surface area contributed by atoms with Gasteiger partial charge in [-0.1, -0.05) is 32.9 Å². The lowest BCUT2D eigenvalue weighted by Gasteiger charge is -2.19. The van der Waals surface area contributed by atoms with Crippen LogP contribution in [0, 0.1) is 5.82 Å². The molecule has 31 heavy (non-hydrogen) atoms. The van der Waals surface area contributed by atoms with Crippen molar-refractivity contribution in [2.24, 2.45) is 0 Å². The average molecular weight is 423 g/mol. The van der Waals surface area contributed by atoms with Crippen molar-refractivity contribution in [2.75, 3.05) is 17.7 Å². The second-order valence-corrected chi connectivity index (χ2v) is 8.27. The molecule has 0 saturated heterocycles. The van der Waals surface area contributed by atoms with Crippen LogP contribution < -0.4 is 10.6 Å². The van der Waals surface area contributed by atoms with E-state index >= 15 is 0 Å². The van der Waals surface area contributed by atoms with E-state index in [1.807, 2.05) is 30.3 Å². The van der Waals surface area contributed by atoms with Gasteiger partial charge in [0, 0.05) is 36.4 Å². The van der Waals surface area contributed by atoms with Crippen molar-refractivity contribution in [1.29, 1.82) is 0 Å². The smallest absolute Gasteiger partial charge is 0.255 e. The predicted octanol–water partition coefficient (Wildman–Crippen LogP) is 4.92. The Morgan fingerprint density at radius 2 is 1.81 bits per heavy atom. The fourth-order valence-electron chi connectivity index (χ4n) is 2.90. The van der Waals surface area contributed by atoms with E-state index in [0.717, 1.165) is 17.1 Å². The number of carbonyl (C=O) groups excluding carboxylic acids is 1. The number of methoxy groups -OCH3 is 1. The van der Waals surface area contributed by atoms with E-state index in [-0.39, 0.29) is 17.1 Å². The summed E-state index contributed by atoms with van der Waals surface area (Å²) in [7, 11) is 1.64. The van der Waals surface area contributed by atoms with Crippen LogP contribution in [0.3, 0.4) is 0 Å². The third-order valence-corrected chi connectivity index (χ3v) is 4.51. The minimum Gasteiger partial charge on any atom is -0.378 e. The number of carbonyl (C=O) groups is 1. The highest BCUT2D eigenvalue weighted by Gasteiger charge is 2.19. The first-order valence-electron chi connectivity index (χ1n) is 10.0.